The second-order valence-corrected chi connectivity index (χ2v) is 6.34. The van der Waals surface area contributed by atoms with E-state index in [4.69, 9.17) is 9.47 Å². The van der Waals surface area contributed by atoms with Crippen LogP contribution < -0.4 is 9.47 Å². The molecule has 1 aromatic heterocycles. The lowest BCUT2D eigenvalue weighted by atomic mass is 10.3. The van der Waals surface area contributed by atoms with Crippen LogP contribution in [-0.4, -0.2) is 34.1 Å². The normalized spacial score (nSPS) is 11.0. The van der Waals surface area contributed by atoms with Crippen molar-refractivity contribution in [1.82, 2.24) is 14.8 Å². The van der Waals surface area contributed by atoms with E-state index in [-0.39, 0.29) is 17.5 Å². The van der Waals surface area contributed by atoms with Crippen LogP contribution in [0.5, 0.6) is 11.5 Å². The number of rotatable bonds is 8. The number of halogens is 3. The average molecular weight is 395 g/mol. The maximum absolute atomic E-state index is 14.3. The van der Waals surface area contributed by atoms with Gasteiger partial charge in [-0.2, -0.15) is 0 Å². The Hall–Kier alpha value is -2.68. The molecule has 0 N–H and O–H groups in total. The molecule has 3 rings (SSSR count). The fraction of sp³-hybridized carbons (Fsp3) is 0.222. The molecule has 1 heterocycles. The van der Waals surface area contributed by atoms with Gasteiger partial charge in [0.1, 0.15) is 23.9 Å². The molecule has 2 aromatic carbocycles. The number of thioether (sulfide) groups is 1. The van der Waals surface area contributed by atoms with Crippen LogP contribution in [0, 0.1) is 5.82 Å². The van der Waals surface area contributed by atoms with Crippen LogP contribution in [0.15, 0.2) is 53.7 Å². The molecule has 0 radical (unpaired) electrons. The Labute approximate surface area is 158 Å². The van der Waals surface area contributed by atoms with E-state index in [9.17, 15) is 13.2 Å². The molecule has 0 aliphatic carbocycles. The predicted octanol–water partition coefficient (Wildman–Crippen LogP) is 4.35. The topological polar surface area (TPSA) is 49.2 Å². The van der Waals surface area contributed by atoms with E-state index in [1.165, 1.54) is 16.7 Å². The van der Waals surface area contributed by atoms with Gasteiger partial charge in [0.2, 0.25) is 6.43 Å². The third-order valence-electron chi connectivity index (χ3n) is 3.56. The lowest BCUT2D eigenvalue weighted by molar-refractivity contribution is 0.176. The Morgan fingerprint density at radius 1 is 1.04 bits per heavy atom. The number of alkyl halides is 2. The summed E-state index contributed by atoms with van der Waals surface area (Å²) in [6.07, 6.45) is -2.51. The molecule has 0 aliphatic rings. The van der Waals surface area contributed by atoms with Gasteiger partial charge in [-0.15, -0.1) is 10.2 Å². The molecule has 0 fully saturated rings. The van der Waals surface area contributed by atoms with Gasteiger partial charge in [-0.1, -0.05) is 23.9 Å². The first-order valence-electron chi connectivity index (χ1n) is 7.95. The Morgan fingerprint density at radius 3 is 2.41 bits per heavy atom. The predicted molar refractivity (Wildman–Crippen MR) is 95.4 cm³/mol. The molecule has 27 heavy (non-hydrogen) atoms. The second-order valence-electron chi connectivity index (χ2n) is 5.35. The molecule has 0 spiro atoms. The van der Waals surface area contributed by atoms with Crippen LogP contribution >= 0.6 is 11.8 Å². The first-order valence-corrected chi connectivity index (χ1v) is 8.94. The summed E-state index contributed by atoms with van der Waals surface area (Å²) in [7, 11) is 1.56. The minimum absolute atomic E-state index is 0.0110. The van der Waals surface area contributed by atoms with Gasteiger partial charge in [0.05, 0.1) is 18.6 Å². The summed E-state index contributed by atoms with van der Waals surface area (Å²) in [6.45, 7) is -0.0110. The zero-order valence-corrected chi connectivity index (χ0v) is 15.1. The zero-order valence-electron chi connectivity index (χ0n) is 14.3. The quantitative estimate of drug-likeness (QED) is 0.531. The lowest BCUT2D eigenvalue weighted by Gasteiger charge is -2.12. The van der Waals surface area contributed by atoms with Gasteiger partial charge in [-0.25, -0.2) is 13.2 Å². The Balaban J connectivity index is 1.86. The highest BCUT2D eigenvalue weighted by molar-refractivity contribution is 7.99. The number of ether oxygens (including phenoxy) is 2. The van der Waals surface area contributed by atoms with Crippen LogP contribution in [0.3, 0.4) is 0 Å². The summed E-state index contributed by atoms with van der Waals surface area (Å²) in [5.74, 6) is 0.559. The van der Waals surface area contributed by atoms with E-state index in [2.05, 4.69) is 10.2 Å². The summed E-state index contributed by atoms with van der Waals surface area (Å²) < 4.78 is 51.6. The first kappa shape index (κ1) is 19.1. The van der Waals surface area contributed by atoms with Gasteiger partial charge in [0.15, 0.2) is 11.0 Å². The number of methoxy groups -OCH3 is 1. The number of aromatic nitrogens is 3. The Kier molecular flexibility index (Phi) is 6.23. The van der Waals surface area contributed by atoms with Crippen LogP contribution in [0.4, 0.5) is 13.2 Å². The lowest BCUT2D eigenvalue weighted by Crippen LogP contribution is -2.08. The van der Waals surface area contributed by atoms with Crippen LogP contribution in [0.25, 0.3) is 5.69 Å². The van der Waals surface area contributed by atoms with Crippen molar-refractivity contribution in [2.45, 2.75) is 18.2 Å². The van der Waals surface area contributed by atoms with Crippen LogP contribution in [0.2, 0.25) is 0 Å². The summed E-state index contributed by atoms with van der Waals surface area (Å²) in [5, 5.41) is 8.09. The Bertz CT molecular complexity index is 888. The minimum Gasteiger partial charge on any atom is -0.497 e. The maximum atomic E-state index is 14.3. The van der Waals surface area contributed by atoms with E-state index in [1.807, 2.05) is 0 Å². The van der Waals surface area contributed by atoms with Gasteiger partial charge in [-0.05, 0) is 36.4 Å². The first-order chi connectivity index (χ1) is 13.1. The number of para-hydroxylation sites is 1. The molecule has 0 saturated carbocycles. The SMILES string of the molecule is COc1ccc(OCc2nnc(SCC(F)F)n2-c2ccccc2F)cc1. The summed E-state index contributed by atoms with van der Waals surface area (Å²) in [5.41, 5.74) is 0.174. The molecule has 0 atom stereocenters. The van der Waals surface area contributed by atoms with Crippen molar-refractivity contribution in [3.63, 3.8) is 0 Å². The van der Waals surface area contributed by atoms with Crippen molar-refractivity contribution in [3.8, 4) is 17.2 Å². The highest BCUT2D eigenvalue weighted by Gasteiger charge is 2.19. The summed E-state index contributed by atoms with van der Waals surface area (Å²) >= 11 is 0.807. The minimum atomic E-state index is -2.51. The molecule has 0 amide bonds. The van der Waals surface area contributed by atoms with E-state index in [0.29, 0.717) is 17.3 Å². The summed E-state index contributed by atoms with van der Waals surface area (Å²) in [6, 6.07) is 12.9. The number of hydrogen-bond donors (Lipinski definition) is 0. The van der Waals surface area contributed by atoms with Gasteiger partial charge < -0.3 is 9.47 Å². The molecule has 142 valence electrons. The molecule has 0 unspecified atom stereocenters. The molecule has 0 saturated heterocycles. The number of nitrogens with zero attached hydrogens (tertiary/aromatic N) is 3. The molecule has 0 bridgehead atoms. The fourth-order valence-electron chi connectivity index (χ4n) is 2.32. The largest absolute Gasteiger partial charge is 0.497 e. The molecular weight excluding hydrogens is 379 g/mol. The number of benzene rings is 2. The van der Waals surface area contributed by atoms with Gasteiger partial charge in [0.25, 0.3) is 0 Å². The van der Waals surface area contributed by atoms with E-state index >= 15 is 0 Å². The van der Waals surface area contributed by atoms with Crippen molar-refractivity contribution in [2.75, 3.05) is 12.9 Å². The highest BCUT2D eigenvalue weighted by Crippen LogP contribution is 2.26. The Morgan fingerprint density at radius 2 is 1.74 bits per heavy atom. The van der Waals surface area contributed by atoms with Crippen molar-refractivity contribution in [2.24, 2.45) is 0 Å². The molecule has 3 aromatic rings. The van der Waals surface area contributed by atoms with Crippen molar-refractivity contribution < 1.29 is 22.6 Å². The zero-order chi connectivity index (χ0) is 19.2. The summed E-state index contributed by atoms with van der Waals surface area (Å²) in [4.78, 5) is 0. The molecular formula is C18H16F3N3O2S. The van der Waals surface area contributed by atoms with Gasteiger partial charge in [-0.3, -0.25) is 4.57 Å². The van der Waals surface area contributed by atoms with Crippen LogP contribution in [-0.2, 0) is 6.61 Å². The molecule has 9 heteroatoms. The third kappa shape index (κ3) is 4.73. The average Bonchev–Trinajstić information content (AvgIpc) is 3.08. The van der Waals surface area contributed by atoms with E-state index in [0.717, 1.165) is 11.8 Å². The fourth-order valence-corrected chi connectivity index (χ4v) is 3.03. The molecule has 0 aliphatic heterocycles. The van der Waals surface area contributed by atoms with Crippen LogP contribution in [0.1, 0.15) is 5.82 Å². The van der Waals surface area contributed by atoms with E-state index in [1.54, 1.807) is 43.5 Å². The monoisotopic (exact) mass is 395 g/mol. The van der Waals surface area contributed by atoms with Gasteiger partial charge in [0, 0.05) is 0 Å². The van der Waals surface area contributed by atoms with Crippen molar-refractivity contribution in [3.05, 3.63) is 60.2 Å². The maximum Gasteiger partial charge on any atom is 0.248 e. The van der Waals surface area contributed by atoms with Gasteiger partial charge >= 0.3 is 0 Å². The van der Waals surface area contributed by atoms with Crippen molar-refractivity contribution in [1.29, 1.82) is 0 Å². The smallest absolute Gasteiger partial charge is 0.248 e. The van der Waals surface area contributed by atoms with Crippen molar-refractivity contribution >= 4 is 11.8 Å². The number of hydrogen-bond acceptors (Lipinski definition) is 5. The second kappa shape index (κ2) is 8.81. The molecule has 5 nitrogen and oxygen atoms in total. The van der Waals surface area contributed by atoms with E-state index < -0.39 is 18.0 Å². The third-order valence-corrected chi connectivity index (χ3v) is 4.50. The highest BCUT2D eigenvalue weighted by atomic mass is 32.2. The standard InChI is InChI=1S/C18H16F3N3O2S/c1-25-12-6-8-13(9-7-12)26-10-17-22-23-18(27-11-16(20)21)24(17)15-5-3-2-4-14(15)19/h2-9,16H,10-11H2,1H3.